The Morgan fingerprint density at radius 2 is 2.22 bits per heavy atom. The van der Waals surface area contributed by atoms with Crippen LogP contribution in [0.1, 0.15) is 20.8 Å². The molecule has 7 nitrogen and oxygen atoms in total. The first-order chi connectivity index (χ1) is 8.37. The van der Waals surface area contributed by atoms with Gasteiger partial charge in [-0.3, -0.25) is 9.48 Å². The van der Waals surface area contributed by atoms with E-state index in [1.807, 2.05) is 0 Å². The number of nitrogens with zero attached hydrogens (tertiary/aromatic N) is 2. The van der Waals surface area contributed by atoms with Crippen molar-refractivity contribution in [1.82, 2.24) is 9.78 Å². The van der Waals surface area contributed by atoms with Crippen LogP contribution in [-0.4, -0.2) is 40.0 Å². The molecule has 1 amide bonds. The summed E-state index contributed by atoms with van der Waals surface area (Å²) in [6.45, 7) is 5.26. The fourth-order valence-electron chi connectivity index (χ4n) is 1.18. The Kier molecular flexibility index (Phi) is 4.43. The van der Waals surface area contributed by atoms with Crippen LogP contribution < -0.4 is 5.32 Å². The SMILES string of the molecule is CCOCC(=O)Nc1cnn(C(C)(C)C(=O)O)c1. The van der Waals surface area contributed by atoms with Crippen LogP contribution in [0.25, 0.3) is 0 Å². The molecule has 0 radical (unpaired) electrons. The fraction of sp³-hybridized carbons (Fsp3) is 0.545. The van der Waals surface area contributed by atoms with Crippen molar-refractivity contribution in [2.45, 2.75) is 26.3 Å². The van der Waals surface area contributed by atoms with Gasteiger partial charge in [-0.05, 0) is 20.8 Å². The molecule has 2 N–H and O–H groups in total. The molecule has 1 aromatic heterocycles. The van der Waals surface area contributed by atoms with Crippen molar-refractivity contribution in [3.05, 3.63) is 12.4 Å². The number of carbonyl (C=O) groups excluding carboxylic acids is 1. The summed E-state index contributed by atoms with van der Waals surface area (Å²) in [5, 5.41) is 15.5. The lowest BCUT2D eigenvalue weighted by Crippen LogP contribution is -2.35. The highest BCUT2D eigenvalue weighted by atomic mass is 16.5. The van der Waals surface area contributed by atoms with Gasteiger partial charge in [0.05, 0.1) is 11.9 Å². The number of rotatable bonds is 6. The molecule has 0 spiro atoms. The number of carboxylic acid groups (broad SMARTS) is 1. The van der Waals surface area contributed by atoms with Crippen LogP contribution in [0.4, 0.5) is 5.69 Å². The van der Waals surface area contributed by atoms with E-state index >= 15 is 0 Å². The molecular formula is C11H17N3O4. The van der Waals surface area contributed by atoms with Gasteiger partial charge in [0, 0.05) is 12.8 Å². The summed E-state index contributed by atoms with van der Waals surface area (Å²) in [7, 11) is 0. The maximum absolute atomic E-state index is 11.4. The number of hydrogen-bond donors (Lipinski definition) is 2. The third kappa shape index (κ3) is 3.30. The largest absolute Gasteiger partial charge is 0.479 e. The standard InChI is InChI=1S/C11H17N3O4/c1-4-18-7-9(15)13-8-5-12-14(6-8)11(2,3)10(16)17/h5-6H,4,7H2,1-3H3,(H,13,15)(H,16,17). The van der Waals surface area contributed by atoms with E-state index in [9.17, 15) is 9.59 Å². The highest BCUT2D eigenvalue weighted by Gasteiger charge is 2.30. The Labute approximate surface area is 105 Å². The van der Waals surface area contributed by atoms with Crippen LogP contribution in [0.2, 0.25) is 0 Å². The van der Waals surface area contributed by atoms with Gasteiger partial charge in [0.1, 0.15) is 6.61 Å². The van der Waals surface area contributed by atoms with Gasteiger partial charge in [-0.1, -0.05) is 0 Å². The van der Waals surface area contributed by atoms with E-state index in [2.05, 4.69) is 10.4 Å². The Bertz CT molecular complexity index is 439. The minimum absolute atomic E-state index is 0.0377. The average molecular weight is 255 g/mol. The van der Waals surface area contributed by atoms with E-state index < -0.39 is 11.5 Å². The molecule has 0 aliphatic rings. The Morgan fingerprint density at radius 3 is 2.78 bits per heavy atom. The van der Waals surface area contributed by atoms with Crippen LogP contribution >= 0.6 is 0 Å². The van der Waals surface area contributed by atoms with E-state index in [1.165, 1.54) is 30.9 Å². The summed E-state index contributed by atoms with van der Waals surface area (Å²) in [6, 6.07) is 0. The molecule has 18 heavy (non-hydrogen) atoms. The smallest absolute Gasteiger partial charge is 0.331 e. The molecule has 0 unspecified atom stereocenters. The molecule has 0 aromatic carbocycles. The second-order valence-electron chi connectivity index (χ2n) is 4.22. The lowest BCUT2D eigenvalue weighted by atomic mass is 10.1. The zero-order chi connectivity index (χ0) is 13.8. The fourth-order valence-corrected chi connectivity index (χ4v) is 1.18. The first-order valence-corrected chi connectivity index (χ1v) is 5.54. The van der Waals surface area contributed by atoms with Gasteiger partial charge in [-0.15, -0.1) is 0 Å². The van der Waals surface area contributed by atoms with Gasteiger partial charge in [0.2, 0.25) is 5.91 Å². The molecule has 7 heteroatoms. The van der Waals surface area contributed by atoms with Gasteiger partial charge in [-0.25, -0.2) is 4.79 Å². The summed E-state index contributed by atoms with van der Waals surface area (Å²) in [4.78, 5) is 22.4. The predicted octanol–water partition coefficient (Wildman–Crippen LogP) is 0.678. The summed E-state index contributed by atoms with van der Waals surface area (Å²) in [6.07, 6.45) is 2.87. The number of nitrogens with one attached hydrogen (secondary N) is 1. The van der Waals surface area contributed by atoms with Gasteiger partial charge in [0.15, 0.2) is 5.54 Å². The minimum atomic E-state index is -1.16. The summed E-state index contributed by atoms with van der Waals surface area (Å²) in [5.41, 5.74) is -0.725. The second kappa shape index (κ2) is 5.63. The van der Waals surface area contributed by atoms with Crippen molar-refractivity contribution < 1.29 is 19.4 Å². The quantitative estimate of drug-likeness (QED) is 0.779. The first kappa shape index (κ1) is 14.2. The number of ether oxygens (including phenoxy) is 1. The molecule has 0 atom stereocenters. The van der Waals surface area contributed by atoms with Crippen LogP contribution in [0.3, 0.4) is 0 Å². The zero-order valence-electron chi connectivity index (χ0n) is 10.6. The van der Waals surface area contributed by atoms with Gasteiger partial charge >= 0.3 is 5.97 Å². The third-order valence-corrected chi connectivity index (χ3v) is 2.40. The molecule has 100 valence electrons. The molecule has 1 aromatic rings. The molecule has 0 bridgehead atoms. The van der Waals surface area contributed by atoms with Crippen molar-refractivity contribution >= 4 is 17.6 Å². The molecular weight excluding hydrogens is 238 g/mol. The van der Waals surface area contributed by atoms with Crippen molar-refractivity contribution in [3.63, 3.8) is 0 Å². The predicted molar refractivity (Wildman–Crippen MR) is 64.3 cm³/mol. The summed E-state index contributed by atoms with van der Waals surface area (Å²) >= 11 is 0. The molecule has 0 fully saturated rings. The number of aliphatic carboxylic acids is 1. The third-order valence-electron chi connectivity index (χ3n) is 2.40. The molecule has 0 saturated heterocycles. The Balaban J connectivity index is 2.69. The maximum Gasteiger partial charge on any atom is 0.331 e. The number of amides is 1. The Hall–Kier alpha value is -1.89. The number of carboxylic acids is 1. The summed E-state index contributed by atoms with van der Waals surface area (Å²) < 4.78 is 6.23. The number of anilines is 1. The maximum atomic E-state index is 11.4. The molecule has 0 aliphatic carbocycles. The van der Waals surface area contributed by atoms with Crippen LogP contribution in [-0.2, 0) is 19.9 Å². The van der Waals surface area contributed by atoms with E-state index in [-0.39, 0.29) is 12.5 Å². The van der Waals surface area contributed by atoms with Gasteiger partial charge < -0.3 is 15.2 Å². The number of hydrogen-bond acceptors (Lipinski definition) is 4. The van der Waals surface area contributed by atoms with Crippen molar-refractivity contribution in [2.24, 2.45) is 0 Å². The van der Waals surface area contributed by atoms with E-state index in [0.717, 1.165) is 0 Å². The Morgan fingerprint density at radius 1 is 1.56 bits per heavy atom. The van der Waals surface area contributed by atoms with Crippen LogP contribution in [0.5, 0.6) is 0 Å². The molecule has 1 rings (SSSR count). The highest BCUT2D eigenvalue weighted by Crippen LogP contribution is 2.17. The molecule has 0 aliphatic heterocycles. The lowest BCUT2D eigenvalue weighted by Gasteiger charge is -2.19. The van der Waals surface area contributed by atoms with Crippen LogP contribution in [0, 0.1) is 0 Å². The van der Waals surface area contributed by atoms with Crippen molar-refractivity contribution in [1.29, 1.82) is 0 Å². The van der Waals surface area contributed by atoms with E-state index in [1.54, 1.807) is 6.92 Å². The van der Waals surface area contributed by atoms with Gasteiger partial charge in [-0.2, -0.15) is 5.10 Å². The first-order valence-electron chi connectivity index (χ1n) is 5.54. The van der Waals surface area contributed by atoms with E-state index in [4.69, 9.17) is 9.84 Å². The number of aromatic nitrogens is 2. The monoisotopic (exact) mass is 255 g/mol. The average Bonchev–Trinajstić information content (AvgIpc) is 2.75. The lowest BCUT2D eigenvalue weighted by molar-refractivity contribution is -0.146. The van der Waals surface area contributed by atoms with Gasteiger partial charge in [0.25, 0.3) is 0 Å². The zero-order valence-corrected chi connectivity index (χ0v) is 10.6. The minimum Gasteiger partial charge on any atom is -0.479 e. The van der Waals surface area contributed by atoms with Crippen molar-refractivity contribution in [3.8, 4) is 0 Å². The van der Waals surface area contributed by atoms with Crippen molar-refractivity contribution in [2.75, 3.05) is 18.5 Å². The van der Waals surface area contributed by atoms with Crippen LogP contribution in [0.15, 0.2) is 12.4 Å². The number of carbonyl (C=O) groups is 2. The highest BCUT2D eigenvalue weighted by molar-refractivity contribution is 5.91. The molecule has 0 saturated carbocycles. The second-order valence-corrected chi connectivity index (χ2v) is 4.22. The van der Waals surface area contributed by atoms with E-state index in [0.29, 0.717) is 12.3 Å². The molecule has 1 heterocycles. The normalized spacial score (nSPS) is 11.3. The topological polar surface area (TPSA) is 93.5 Å². The summed E-state index contributed by atoms with van der Waals surface area (Å²) in [5.74, 6) is -1.30.